The van der Waals surface area contributed by atoms with Gasteiger partial charge in [-0.25, -0.2) is 0 Å². The second kappa shape index (κ2) is 8.37. The van der Waals surface area contributed by atoms with Gasteiger partial charge in [0.2, 0.25) is 5.91 Å². The number of ether oxygens (including phenoxy) is 1. The van der Waals surface area contributed by atoms with Gasteiger partial charge in [0, 0.05) is 27.2 Å². The number of nitrogens with one attached hydrogen (secondary N) is 1. The molecule has 1 aliphatic rings. The van der Waals surface area contributed by atoms with Crippen LogP contribution in [-0.2, 0) is 15.0 Å². The van der Waals surface area contributed by atoms with Gasteiger partial charge in [0.05, 0.1) is 19.1 Å². The van der Waals surface area contributed by atoms with Gasteiger partial charge in [-0.3, -0.25) is 4.79 Å². The molecule has 0 spiro atoms. The molecule has 8 heteroatoms. The number of carbonyl (C=O) groups excluding carboxylic acids is 1. The summed E-state index contributed by atoms with van der Waals surface area (Å²) in [5, 5.41) is 3.02. The first-order valence-corrected chi connectivity index (χ1v) is 10.2. The third-order valence-corrected chi connectivity index (χ3v) is 6.73. The molecule has 7 nitrogen and oxygen atoms in total. The SMILES string of the molecule is COc1ccc([C@H](C)NC(=O)[C@H]2CCCN(S(=O)(=O)N(C)C)C2)cc1C. The van der Waals surface area contributed by atoms with E-state index in [-0.39, 0.29) is 24.4 Å². The molecule has 2 rings (SSSR count). The zero-order chi connectivity index (χ0) is 19.5. The number of piperidine rings is 1. The number of benzene rings is 1. The van der Waals surface area contributed by atoms with Crippen LogP contribution in [0.4, 0.5) is 0 Å². The van der Waals surface area contributed by atoms with Gasteiger partial charge in [-0.05, 0) is 43.9 Å². The van der Waals surface area contributed by atoms with Crippen LogP contribution in [0.1, 0.15) is 36.9 Å². The number of hydrogen-bond acceptors (Lipinski definition) is 4. The first kappa shape index (κ1) is 20.7. The Morgan fingerprint density at radius 1 is 1.38 bits per heavy atom. The minimum absolute atomic E-state index is 0.107. The van der Waals surface area contributed by atoms with E-state index < -0.39 is 10.2 Å². The number of methoxy groups -OCH3 is 1. The van der Waals surface area contributed by atoms with Crippen molar-refractivity contribution in [1.29, 1.82) is 0 Å². The highest BCUT2D eigenvalue weighted by Gasteiger charge is 2.33. The number of aryl methyl sites for hydroxylation is 1. The molecule has 1 saturated heterocycles. The molecule has 1 aromatic carbocycles. The van der Waals surface area contributed by atoms with E-state index >= 15 is 0 Å². The summed E-state index contributed by atoms with van der Waals surface area (Å²) in [4.78, 5) is 12.7. The van der Waals surface area contributed by atoms with Crippen LogP contribution in [0, 0.1) is 12.8 Å². The zero-order valence-corrected chi connectivity index (χ0v) is 17.0. The normalized spacial score (nSPS) is 20.0. The second-order valence-corrected chi connectivity index (χ2v) is 9.09. The van der Waals surface area contributed by atoms with E-state index in [4.69, 9.17) is 4.74 Å². The lowest BCUT2D eigenvalue weighted by Gasteiger charge is -2.33. The summed E-state index contributed by atoms with van der Waals surface area (Å²) in [5.41, 5.74) is 2.00. The maximum atomic E-state index is 12.7. The lowest BCUT2D eigenvalue weighted by Crippen LogP contribution is -2.49. The number of nitrogens with zero attached hydrogens (tertiary/aromatic N) is 2. The smallest absolute Gasteiger partial charge is 0.281 e. The van der Waals surface area contributed by atoms with Crippen molar-refractivity contribution in [1.82, 2.24) is 13.9 Å². The molecule has 0 radical (unpaired) electrons. The quantitative estimate of drug-likeness (QED) is 0.811. The zero-order valence-electron chi connectivity index (χ0n) is 16.2. The van der Waals surface area contributed by atoms with E-state index in [9.17, 15) is 13.2 Å². The van der Waals surface area contributed by atoms with Gasteiger partial charge in [0.1, 0.15) is 5.75 Å². The molecule has 2 atom stereocenters. The summed E-state index contributed by atoms with van der Waals surface area (Å²) in [5.74, 6) is 0.369. The monoisotopic (exact) mass is 383 g/mol. The van der Waals surface area contributed by atoms with E-state index in [1.165, 1.54) is 22.7 Å². The molecule has 0 aromatic heterocycles. The molecule has 0 saturated carbocycles. The lowest BCUT2D eigenvalue weighted by atomic mass is 9.97. The Morgan fingerprint density at radius 3 is 2.65 bits per heavy atom. The van der Waals surface area contributed by atoms with Gasteiger partial charge in [-0.15, -0.1) is 0 Å². The third-order valence-electron chi connectivity index (χ3n) is 4.82. The molecule has 0 aliphatic carbocycles. The van der Waals surface area contributed by atoms with Crippen molar-refractivity contribution in [2.45, 2.75) is 32.7 Å². The van der Waals surface area contributed by atoms with Crippen molar-refractivity contribution in [3.05, 3.63) is 29.3 Å². The molecule has 0 unspecified atom stereocenters. The van der Waals surface area contributed by atoms with Crippen molar-refractivity contribution in [2.24, 2.45) is 5.92 Å². The van der Waals surface area contributed by atoms with E-state index in [0.29, 0.717) is 19.4 Å². The van der Waals surface area contributed by atoms with Crippen LogP contribution in [0.3, 0.4) is 0 Å². The predicted octanol–water partition coefficient (Wildman–Crippen LogP) is 1.70. The summed E-state index contributed by atoms with van der Waals surface area (Å²) < 4.78 is 32.5. The molecule has 1 fully saturated rings. The first-order chi connectivity index (χ1) is 12.2. The molecule has 1 N–H and O–H groups in total. The molecule has 146 valence electrons. The Bertz CT molecular complexity index is 749. The Kier molecular flexibility index (Phi) is 6.65. The first-order valence-electron chi connectivity index (χ1n) is 8.79. The fourth-order valence-electron chi connectivity index (χ4n) is 3.18. The van der Waals surface area contributed by atoms with Crippen molar-refractivity contribution >= 4 is 16.1 Å². The molecule has 26 heavy (non-hydrogen) atoms. The molecular formula is C18H29N3O4S. The number of carbonyl (C=O) groups is 1. The van der Waals surface area contributed by atoms with E-state index in [1.807, 2.05) is 32.0 Å². The highest BCUT2D eigenvalue weighted by Crippen LogP contribution is 2.24. The van der Waals surface area contributed by atoms with Crippen molar-refractivity contribution in [3.63, 3.8) is 0 Å². The molecule has 1 aromatic rings. The van der Waals surface area contributed by atoms with Crippen LogP contribution in [0.5, 0.6) is 5.75 Å². The van der Waals surface area contributed by atoms with Crippen molar-refractivity contribution in [3.8, 4) is 5.75 Å². The number of hydrogen-bond donors (Lipinski definition) is 1. The molecule has 1 aliphatic heterocycles. The van der Waals surface area contributed by atoms with Gasteiger partial charge < -0.3 is 10.1 Å². The fourth-order valence-corrected chi connectivity index (χ4v) is 4.37. The Labute approximate surface area is 156 Å². The third kappa shape index (κ3) is 4.55. The van der Waals surface area contributed by atoms with Crippen LogP contribution >= 0.6 is 0 Å². The van der Waals surface area contributed by atoms with Gasteiger partial charge in [-0.1, -0.05) is 12.1 Å². The van der Waals surface area contributed by atoms with E-state index in [0.717, 1.165) is 16.9 Å². The van der Waals surface area contributed by atoms with E-state index in [2.05, 4.69) is 5.32 Å². The van der Waals surface area contributed by atoms with Crippen molar-refractivity contribution < 1.29 is 17.9 Å². The lowest BCUT2D eigenvalue weighted by molar-refractivity contribution is -0.126. The van der Waals surface area contributed by atoms with Gasteiger partial charge in [-0.2, -0.15) is 17.0 Å². The Hall–Kier alpha value is -1.64. The summed E-state index contributed by atoms with van der Waals surface area (Å²) in [6.45, 7) is 4.57. The predicted molar refractivity (Wildman–Crippen MR) is 101 cm³/mol. The fraction of sp³-hybridized carbons (Fsp3) is 0.611. The molecular weight excluding hydrogens is 354 g/mol. The van der Waals surface area contributed by atoms with Crippen LogP contribution in [0.25, 0.3) is 0 Å². The Balaban J connectivity index is 2.03. The topological polar surface area (TPSA) is 79.0 Å². The molecule has 1 heterocycles. The second-order valence-electron chi connectivity index (χ2n) is 6.95. The summed E-state index contributed by atoms with van der Waals surface area (Å²) >= 11 is 0. The summed E-state index contributed by atoms with van der Waals surface area (Å²) in [6, 6.07) is 5.65. The minimum Gasteiger partial charge on any atom is -0.496 e. The number of amides is 1. The summed E-state index contributed by atoms with van der Waals surface area (Å²) in [6.07, 6.45) is 1.38. The maximum Gasteiger partial charge on any atom is 0.281 e. The highest BCUT2D eigenvalue weighted by atomic mass is 32.2. The largest absolute Gasteiger partial charge is 0.496 e. The molecule has 0 bridgehead atoms. The minimum atomic E-state index is -3.49. The average molecular weight is 384 g/mol. The van der Waals surface area contributed by atoms with Crippen LogP contribution < -0.4 is 10.1 Å². The highest BCUT2D eigenvalue weighted by molar-refractivity contribution is 7.86. The van der Waals surface area contributed by atoms with Gasteiger partial charge in [0.15, 0.2) is 0 Å². The Morgan fingerprint density at radius 2 is 2.08 bits per heavy atom. The van der Waals surface area contributed by atoms with Gasteiger partial charge in [0.25, 0.3) is 10.2 Å². The standard InChI is InChI=1S/C18H29N3O4S/c1-13-11-15(8-9-17(13)25-5)14(2)19-18(22)16-7-6-10-21(12-16)26(23,24)20(3)4/h8-9,11,14,16H,6-7,10,12H2,1-5H3,(H,19,22)/t14-,16-/m0/s1. The average Bonchev–Trinajstić information content (AvgIpc) is 2.61. The van der Waals surface area contributed by atoms with E-state index in [1.54, 1.807) is 7.11 Å². The van der Waals surface area contributed by atoms with Crippen LogP contribution in [-0.4, -0.2) is 57.2 Å². The van der Waals surface area contributed by atoms with Gasteiger partial charge >= 0.3 is 0 Å². The number of rotatable bonds is 6. The van der Waals surface area contributed by atoms with Crippen LogP contribution in [0.2, 0.25) is 0 Å². The van der Waals surface area contributed by atoms with Crippen LogP contribution in [0.15, 0.2) is 18.2 Å². The summed E-state index contributed by atoms with van der Waals surface area (Å²) in [7, 11) is 1.16. The maximum absolute atomic E-state index is 12.7. The molecule has 1 amide bonds. The van der Waals surface area contributed by atoms with Crippen molar-refractivity contribution in [2.75, 3.05) is 34.3 Å².